The minimum atomic E-state index is -4.32. The topological polar surface area (TPSA) is 106 Å². The number of carbonyl (C=O) groups excluding carboxylic acids is 1. The summed E-state index contributed by atoms with van der Waals surface area (Å²) >= 11 is 5.89. The summed E-state index contributed by atoms with van der Waals surface area (Å²) in [5.41, 5.74) is 0.974. The highest BCUT2D eigenvalue weighted by molar-refractivity contribution is 7.89. The van der Waals surface area contributed by atoms with Gasteiger partial charge in [0.25, 0.3) is 0 Å². The van der Waals surface area contributed by atoms with Gasteiger partial charge in [0.2, 0.25) is 10.0 Å². The van der Waals surface area contributed by atoms with E-state index < -0.39 is 39.4 Å². The largest absolute Gasteiger partial charge is 0.459 e. The van der Waals surface area contributed by atoms with Crippen LogP contribution >= 0.6 is 11.6 Å². The number of aryl methyl sites for hydroxylation is 1. The summed E-state index contributed by atoms with van der Waals surface area (Å²) in [4.78, 5) is 16.7. The molecule has 0 spiro atoms. The van der Waals surface area contributed by atoms with Crippen LogP contribution < -0.4 is 4.72 Å². The van der Waals surface area contributed by atoms with Crippen molar-refractivity contribution >= 4 is 27.6 Å². The molecule has 2 rings (SSSR count). The van der Waals surface area contributed by atoms with E-state index in [4.69, 9.17) is 16.3 Å². The molecule has 10 heteroatoms. The van der Waals surface area contributed by atoms with Gasteiger partial charge in [0.05, 0.1) is 0 Å². The molecule has 7 nitrogen and oxygen atoms in total. The van der Waals surface area contributed by atoms with Crippen LogP contribution in [-0.2, 0) is 26.0 Å². The van der Waals surface area contributed by atoms with E-state index in [2.05, 4.69) is 9.71 Å². The molecule has 2 N–H and O–H groups in total. The molecule has 0 fully saturated rings. The molecule has 1 aromatic heterocycles. The average Bonchev–Trinajstić information content (AvgIpc) is 2.68. The summed E-state index contributed by atoms with van der Waals surface area (Å²) < 4.78 is 49.3. The Morgan fingerprint density at radius 1 is 1.30 bits per heavy atom. The lowest BCUT2D eigenvalue weighted by molar-refractivity contribution is -0.157. The van der Waals surface area contributed by atoms with Crippen LogP contribution in [0.15, 0.2) is 29.3 Å². The summed E-state index contributed by atoms with van der Waals surface area (Å²) in [6.07, 6.45) is 1.07. The Hall–Kier alpha value is -2.07. The number of aromatic nitrogens is 1. The highest BCUT2D eigenvalue weighted by Gasteiger charge is 2.37. The first-order valence-corrected chi connectivity index (χ1v) is 12.3. The summed E-state index contributed by atoms with van der Waals surface area (Å²) in [7, 11) is -4.32. The Morgan fingerprint density at radius 3 is 2.52 bits per heavy atom. The van der Waals surface area contributed by atoms with Crippen molar-refractivity contribution in [2.24, 2.45) is 0 Å². The first kappa shape index (κ1) is 27.2. The Balaban J connectivity index is 2.58. The van der Waals surface area contributed by atoms with Crippen molar-refractivity contribution in [3.05, 3.63) is 57.6 Å². The first-order valence-electron chi connectivity index (χ1n) is 10.4. The van der Waals surface area contributed by atoms with E-state index in [1.807, 2.05) is 0 Å². The number of hydrogen-bond donors (Lipinski definition) is 2. The number of benzene rings is 1. The predicted octanol–water partition coefficient (Wildman–Crippen LogP) is 3.82. The second-order valence-electron chi connectivity index (χ2n) is 8.91. The summed E-state index contributed by atoms with van der Waals surface area (Å²) in [6.45, 7) is 9.73. The fourth-order valence-electron chi connectivity index (χ4n) is 3.49. The van der Waals surface area contributed by atoms with Gasteiger partial charge in [-0.2, -0.15) is 4.72 Å². The molecule has 0 bridgehead atoms. The van der Waals surface area contributed by atoms with E-state index in [-0.39, 0.29) is 34.2 Å². The first-order chi connectivity index (χ1) is 15.2. The number of aliphatic hydroxyl groups excluding tert-OH is 1. The van der Waals surface area contributed by atoms with Crippen molar-refractivity contribution in [3.63, 3.8) is 0 Å². The number of ether oxygens (including phenoxy) is 1. The Labute approximate surface area is 199 Å². The van der Waals surface area contributed by atoms with Crippen molar-refractivity contribution in [1.82, 2.24) is 9.71 Å². The van der Waals surface area contributed by atoms with Crippen LogP contribution in [0.1, 0.15) is 55.9 Å². The monoisotopic (exact) mass is 500 g/mol. The molecule has 0 aliphatic carbocycles. The van der Waals surface area contributed by atoms with E-state index in [0.717, 1.165) is 11.8 Å². The van der Waals surface area contributed by atoms with Gasteiger partial charge in [-0.1, -0.05) is 24.6 Å². The molecule has 0 radical (unpaired) electrons. The maximum atomic E-state index is 14.8. The third-order valence-electron chi connectivity index (χ3n) is 5.22. The zero-order valence-corrected chi connectivity index (χ0v) is 21.1. The van der Waals surface area contributed by atoms with E-state index >= 15 is 0 Å². The van der Waals surface area contributed by atoms with Crippen LogP contribution in [0.4, 0.5) is 4.39 Å². The number of hydrogen-bond acceptors (Lipinski definition) is 6. The van der Waals surface area contributed by atoms with E-state index in [0.29, 0.717) is 5.56 Å². The molecule has 0 aliphatic rings. The summed E-state index contributed by atoms with van der Waals surface area (Å²) in [6, 6.07) is 2.82. The zero-order chi connectivity index (χ0) is 25.1. The smallest absolute Gasteiger partial charge is 0.325 e. The fourth-order valence-corrected chi connectivity index (χ4v) is 5.13. The average molecular weight is 501 g/mol. The minimum absolute atomic E-state index is 0.0107. The SMILES string of the molecule is Cc1ccc(F)c(C(C)[C@H](NS(=O)(=O)c2cnc(Cl)cc2CCO)C(=O)OC(C)(C)C)c1C. The lowest BCUT2D eigenvalue weighted by atomic mass is 9.88. The highest BCUT2D eigenvalue weighted by atomic mass is 35.5. The van der Waals surface area contributed by atoms with Crippen molar-refractivity contribution in [2.75, 3.05) is 6.61 Å². The number of rotatable bonds is 8. The summed E-state index contributed by atoms with van der Waals surface area (Å²) in [5.74, 6) is -2.28. The predicted molar refractivity (Wildman–Crippen MR) is 124 cm³/mol. The maximum Gasteiger partial charge on any atom is 0.325 e. The molecule has 33 heavy (non-hydrogen) atoms. The standard InChI is InChI=1S/C23H30ClFN2O5S/c1-13-7-8-17(25)20(14(13)2)15(3)21(22(29)32-23(4,5)6)27-33(30,31)18-12-26-19(24)11-16(18)9-10-28/h7-8,11-12,15,21,27-28H,9-10H2,1-6H3/t15?,21-/m0/s1. The van der Waals surface area contributed by atoms with Crippen molar-refractivity contribution in [3.8, 4) is 0 Å². The molecule has 1 unspecified atom stereocenters. The number of carbonyl (C=O) groups is 1. The van der Waals surface area contributed by atoms with Crippen LogP contribution in [-0.4, -0.2) is 42.7 Å². The molecule has 0 saturated heterocycles. The number of esters is 1. The molecule has 0 aliphatic heterocycles. The Bertz CT molecular complexity index is 1130. The number of pyridine rings is 1. The molecule has 0 saturated carbocycles. The molecular formula is C23H30ClFN2O5S. The third-order valence-corrected chi connectivity index (χ3v) is 6.93. The number of halogens is 2. The van der Waals surface area contributed by atoms with Crippen LogP contribution in [0.3, 0.4) is 0 Å². The molecule has 1 aromatic carbocycles. The second kappa shape index (κ2) is 10.5. The van der Waals surface area contributed by atoms with Crippen LogP contribution in [0.25, 0.3) is 0 Å². The molecular weight excluding hydrogens is 471 g/mol. The van der Waals surface area contributed by atoms with Crippen molar-refractivity contribution in [2.45, 2.75) is 70.4 Å². The third kappa shape index (κ3) is 6.72. The normalized spacial score (nSPS) is 14.1. The lowest BCUT2D eigenvalue weighted by Crippen LogP contribution is -2.47. The van der Waals surface area contributed by atoms with Crippen LogP contribution in [0.2, 0.25) is 5.15 Å². The van der Waals surface area contributed by atoms with Gasteiger partial charge in [0.15, 0.2) is 0 Å². The fraction of sp³-hybridized carbons (Fsp3) is 0.478. The zero-order valence-electron chi connectivity index (χ0n) is 19.6. The number of nitrogens with zero attached hydrogens (tertiary/aromatic N) is 1. The van der Waals surface area contributed by atoms with Gasteiger partial charge < -0.3 is 9.84 Å². The Morgan fingerprint density at radius 2 is 1.94 bits per heavy atom. The number of sulfonamides is 1. The molecule has 0 amide bonds. The van der Waals surface area contributed by atoms with Crippen LogP contribution in [0, 0.1) is 19.7 Å². The minimum Gasteiger partial charge on any atom is -0.459 e. The number of nitrogens with one attached hydrogen (secondary N) is 1. The lowest BCUT2D eigenvalue weighted by Gasteiger charge is -2.29. The maximum absolute atomic E-state index is 14.8. The number of aliphatic hydroxyl groups is 1. The molecule has 182 valence electrons. The Kier molecular flexibility index (Phi) is 8.62. The highest BCUT2D eigenvalue weighted by Crippen LogP contribution is 2.30. The van der Waals surface area contributed by atoms with Gasteiger partial charge in [-0.25, -0.2) is 17.8 Å². The van der Waals surface area contributed by atoms with E-state index in [1.165, 1.54) is 12.1 Å². The molecule has 1 heterocycles. The van der Waals surface area contributed by atoms with Gasteiger partial charge >= 0.3 is 5.97 Å². The van der Waals surface area contributed by atoms with Gasteiger partial charge in [-0.3, -0.25) is 4.79 Å². The second-order valence-corrected chi connectivity index (χ2v) is 11.0. The van der Waals surface area contributed by atoms with E-state index in [9.17, 15) is 22.7 Å². The van der Waals surface area contributed by atoms with Crippen molar-refractivity contribution in [1.29, 1.82) is 0 Å². The van der Waals surface area contributed by atoms with Crippen molar-refractivity contribution < 1.29 is 27.4 Å². The van der Waals surface area contributed by atoms with Gasteiger partial charge in [0.1, 0.15) is 27.5 Å². The summed E-state index contributed by atoms with van der Waals surface area (Å²) in [5, 5.41) is 9.39. The van der Waals surface area contributed by atoms with Crippen LogP contribution in [0.5, 0.6) is 0 Å². The molecule has 2 atom stereocenters. The van der Waals surface area contributed by atoms with Gasteiger partial charge in [0, 0.05) is 18.7 Å². The van der Waals surface area contributed by atoms with E-state index in [1.54, 1.807) is 47.6 Å². The molecule has 2 aromatic rings. The quantitative estimate of drug-likeness (QED) is 0.421. The van der Waals surface area contributed by atoms with Gasteiger partial charge in [-0.05, 0) is 75.4 Å². The van der Waals surface area contributed by atoms with Gasteiger partial charge in [-0.15, -0.1) is 0 Å².